The Kier molecular flexibility index (Phi) is 5.31. The van der Waals surface area contributed by atoms with E-state index in [1.54, 1.807) is 41.7 Å². The maximum atomic E-state index is 12.6. The Labute approximate surface area is 176 Å². The zero-order valence-corrected chi connectivity index (χ0v) is 16.8. The first kappa shape index (κ1) is 20.7. The zero-order valence-electron chi connectivity index (χ0n) is 15.9. The van der Waals surface area contributed by atoms with Gasteiger partial charge in [-0.1, -0.05) is 29.4 Å². The van der Waals surface area contributed by atoms with Gasteiger partial charge in [0.2, 0.25) is 5.82 Å². The molecule has 2 aromatic heterocycles. The molecular formula is C19H14F3N5O3S. The minimum atomic E-state index is -4.71. The molecule has 4 aromatic rings. The van der Waals surface area contributed by atoms with Crippen LogP contribution in [-0.2, 0) is 19.3 Å². The van der Waals surface area contributed by atoms with Gasteiger partial charge in [0.15, 0.2) is 0 Å². The van der Waals surface area contributed by atoms with Crippen molar-refractivity contribution in [2.75, 3.05) is 17.3 Å². The molecule has 0 radical (unpaired) electrons. The van der Waals surface area contributed by atoms with E-state index in [0.29, 0.717) is 18.7 Å². The van der Waals surface area contributed by atoms with Crippen LogP contribution in [0.4, 0.5) is 24.5 Å². The van der Waals surface area contributed by atoms with E-state index in [1.807, 2.05) is 5.38 Å². The van der Waals surface area contributed by atoms with Gasteiger partial charge in [-0.25, -0.2) is 4.98 Å². The standard InChI is InChI=1S/C19H14F3N5O3S/c1-27(14-13(15(28)16(14)29)23-6-12-8-31-9-24-12)7-10-2-4-11(5-3-10)17-25-18(30-26-17)19(20,21)22/h2-5,8-9,23H,6-7H2,1H3. The van der Waals surface area contributed by atoms with E-state index in [2.05, 4.69) is 25.0 Å². The molecule has 0 aliphatic carbocycles. The number of nitrogens with one attached hydrogen (secondary N) is 1. The molecule has 2 aromatic carbocycles. The Morgan fingerprint density at radius 2 is 1.90 bits per heavy atom. The summed E-state index contributed by atoms with van der Waals surface area (Å²) in [5, 5.41) is 8.14. The highest BCUT2D eigenvalue weighted by molar-refractivity contribution is 7.07. The highest BCUT2D eigenvalue weighted by Gasteiger charge is 2.38. The number of nitrogens with zero attached hydrogens (tertiary/aromatic N) is 4. The van der Waals surface area contributed by atoms with Crippen molar-refractivity contribution in [1.29, 1.82) is 0 Å². The molecule has 0 saturated carbocycles. The summed E-state index contributed by atoms with van der Waals surface area (Å²) in [7, 11) is 1.67. The molecule has 2 heterocycles. The van der Waals surface area contributed by atoms with Gasteiger partial charge < -0.3 is 14.7 Å². The van der Waals surface area contributed by atoms with Crippen LogP contribution in [0.15, 0.2) is 49.3 Å². The summed E-state index contributed by atoms with van der Waals surface area (Å²) < 4.78 is 42.0. The third-order valence-corrected chi connectivity index (χ3v) is 5.13. The highest BCUT2D eigenvalue weighted by Crippen LogP contribution is 2.29. The molecular weight excluding hydrogens is 435 g/mol. The van der Waals surface area contributed by atoms with Crippen LogP contribution in [0.1, 0.15) is 17.1 Å². The van der Waals surface area contributed by atoms with Crippen LogP contribution >= 0.6 is 11.3 Å². The van der Waals surface area contributed by atoms with E-state index >= 15 is 0 Å². The largest absolute Gasteiger partial charge is 0.471 e. The number of aromatic nitrogens is 3. The fraction of sp³-hybridized carbons (Fsp3) is 0.211. The van der Waals surface area contributed by atoms with E-state index in [1.165, 1.54) is 11.3 Å². The minimum Gasteiger partial charge on any atom is -0.374 e. The Bertz CT molecular complexity index is 1260. The molecule has 0 aliphatic heterocycles. The number of thiazole rings is 1. The van der Waals surface area contributed by atoms with Crippen molar-refractivity contribution in [3.8, 4) is 11.4 Å². The van der Waals surface area contributed by atoms with Crippen LogP contribution < -0.4 is 21.1 Å². The summed E-state index contributed by atoms with van der Waals surface area (Å²) in [6.07, 6.45) is -4.71. The molecule has 0 fully saturated rings. The molecule has 4 rings (SSSR count). The lowest BCUT2D eigenvalue weighted by molar-refractivity contribution is -0.159. The molecule has 0 amide bonds. The number of rotatable bonds is 7. The average Bonchev–Trinajstić information content (AvgIpc) is 3.42. The number of halogens is 3. The first-order chi connectivity index (χ1) is 14.7. The van der Waals surface area contributed by atoms with Crippen LogP contribution in [0.3, 0.4) is 0 Å². The van der Waals surface area contributed by atoms with Gasteiger partial charge in [0.25, 0.3) is 10.9 Å². The van der Waals surface area contributed by atoms with E-state index in [9.17, 15) is 22.8 Å². The van der Waals surface area contributed by atoms with E-state index in [4.69, 9.17) is 0 Å². The van der Waals surface area contributed by atoms with Gasteiger partial charge in [-0.05, 0) is 5.56 Å². The Morgan fingerprint density at radius 3 is 2.52 bits per heavy atom. The molecule has 1 N–H and O–H groups in total. The van der Waals surface area contributed by atoms with Crippen molar-refractivity contribution in [1.82, 2.24) is 15.1 Å². The third-order valence-electron chi connectivity index (χ3n) is 4.50. The summed E-state index contributed by atoms with van der Waals surface area (Å²) in [6.45, 7) is 0.630. The van der Waals surface area contributed by atoms with Crippen molar-refractivity contribution in [2.24, 2.45) is 0 Å². The third kappa shape index (κ3) is 4.19. The van der Waals surface area contributed by atoms with Gasteiger partial charge in [-0.3, -0.25) is 9.59 Å². The molecule has 0 bridgehead atoms. The van der Waals surface area contributed by atoms with Gasteiger partial charge in [0.05, 0.1) is 17.7 Å². The number of hydrogen-bond donors (Lipinski definition) is 1. The van der Waals surface area contributed by atoms with Crippen LogP contribution in [0.25, 0.3) is 11.4 Å². The van der Waals surface area contributed by atoms with Gasteiger partial charge in [-0.2, -0.15) is 18.2 Å². The second-order valence-electron chi connectivity index (χ2n) is 6.69. The fourth-order valence-electron chi connectivity index (χ4n) is 2.98. The first-order valence-electron chi connectivity index (χ1n) is 8.89. The Hall–Kier alpha value is -3.54. The van der Waals surface area contributed by atoms with Crippen molar-refractivity contribution < 1.29 is 17.7 Å². The first-order valence-corrected chi connectivity index (χ1v) is 9.84. The minimum absolute atomic E-state index is 0.178. The SMILES string of the molecule is CN(Cc1ccc(-c2noc(C(F)(F)F)n2)cc1)c1c(NCc2cscn2)c(=O)c1=O. The van der Waals surface area contributed by atoms with Gasteiger partial charge in [0.1, 0.15) is 11.4 Å². The molecule has 160 valence electrons. The predicted octanol–water partition coefficient (Wildman–Crippen LogP) is 3.06. The van der Waals surface area contributed by atoms with E-state index < -0.39 is 22.9 Å². The summed E-state index contributed by atoms with van der Waals surface area (Å²) in [6, 6.07) is 6.45. The normalized spacial score (nSPS) is 11.7. The lowest BCUT2D eigenvalue weighted by Gasteiger charge is -2.23. The number of anilines is 2. The second-order valence-corrected chi connectivity index (χ2v) is 7.41. The smallest absolute Gasteiger partial charge is 0.374 e. The Balaban J connectivity index is 1.45. The monoisotopic (exact) mass is 449 g/mol. The highest BCUT2D eigenvalue weighted by atomic mass is 32.1. The second kappa shape index (κ2) is 7.95. The summed E-state index contributed by atoms with van der Waals surface area (Å²) in [4.78, 5) is 33.1. The van der Waals surface area contributed by atoms with Crippen LogP contribution in [0.5, 0.6) is 0 Å². The summed E-state index contributed by atoms with van der Waals surface area (Å²) >= 11 is 1.43. The number of benzene rings is 1. The van der Waals surface area contributed by atoms with Crippen LogP contribution in [0.2, 0.25) is 0 Å². The van der Waals surface area contributed by atoms with Crippen LogP contribution in [-0.4, -0.2) is 22.2 Å². The molecule has 12 heteroatoms. The van der Waals surface area contributed by atoms with Crippen LogP contribution in [0, 0.1) is 0 Å². The maximum Gasteiger partial charge on any atom is 0.471 e. The lowest BCUT2D eigenvalue weighted by atomic mass is 10.1. The maximum absolute atomic E-state index is 12.6. The molecule has 8 nitrogen and oxygen atoms in total. The number of hydrogen-bond acceptors (Lipinski definition) is 9. The number of alkyl halides is 3. The Morgan fingerprint density at radius 1 is 1.16 bits per heavy atom. The summed E-state index contributed by atoms with van der Waals surface area (Å²) in [5.41, 5.74) is 2.92. The molecule has 31 heavy (non-hydrogen) atoms. The fourth-order valence-corrected chi connectivity index (χ4v) is 3.54. The lowest BCUT2D eigenvalue weighted by Crippen LogP contribution is -2.41. The molecule has 0 atom stereocenters. The summed E-state index contributed by atoms with van der Waals surface area (Å²) in [5.74, 6) is -1.59. The van der Waals surface area contributed by atoms with Crippen molar-refractivity contribution >= 4 is 22.7 Å². The van der Waals surface area contributed by atoms with Gasteiger partial charge in [0, 0.05) is 24.5 Å². The molecule has 0 unspecified atom stereocenters. The zero-order chi connectivity index (χ0) is 22.2. The van der Waals surface area contributed by atoms with E-state index in [-0.39, 0.29) is 17.2 Å². The molecule has 0 aliphatic rings. The van der Waals surface area contributed by atoms with Crippen molar-refractivity contribution in [2.45, 2.75) is 19.3 Å². The van der Waals surface area contributed by atoms with Crippen molar-refractivity contribution in [3.63, 3.8) is 0 Å². The van der Waals surface area contributed by atoms with Gasteiger partial charge >= 0.3 is 12.1 Å². The quantitative estimate of drug-likeness (QED) is 0.430. The van der Waals surface area contributed by atoms with Crippen molar-refractivity contribution in [3.05, 3.63) is 72.8 Å². The molecule has 0 spiro atoms. The molecule has 0 saturated heterocycles. The van der Waals surface area contributed by atoms with E-state index in [0.717, 1.165) is 11.3 Å². The van der Waals surface area contributed by atoms with Gasteiger partial charge in [-0.15, -0.1) is 11.3 Å². The predicted molar refractivity (Wildman–Crippen MR) is 108 cm³/mol. The average molecular weight is 449 g/mol. The topological polar surface area (TPSA) is 101 Å².